The summed E-state index contributed by atoms with van der Waals surface area (Å²) in [6, 6.07) is 5.27. The summed E-state index contributed by atoms with van der Waals surface area (Å²) in [5, 5.41) is 3.38. The van der Waals surface area contributed by atoms with Crippen molar-refractivity contribution in [3.8, 4) is 0 Å². The summed E-state index contributed by atoms with van der Waals surface area (Å²) in [6.45, 7) is 0.944. The van der Waals surface area contributed by atoms with E-state index in [9.17, 15) is 4.39 Å². The number of para-hydroxylation sites is 1. The Bertz CT molecular complexity index is 410. The standard InChI is InChI=1S/C13H17FN2/c1-16-12-10(14)5-4-6-11(12)15-9-13(16)7-2-3-8-13/h4-6,15H,2-3,7-9H2,1H3. The molecule has 1 heterocycles. The fourth-order valence-corrected chi connectivity index (χ4v) is 3.16. The molecule has 1 spiro atoms. The number of fused-ring (bicyclic) bond motifs is 1. The lowest BCUT2D eigenvalue weighted by atomic mass is 9.92. The van der Waals surface area contributed by atoms with Crippen LogP contribution < -0.4 is 10.2 Å². The van der Waals surface area contributed by atoms with Crippen LogP contribution in [0.15, 0.2) is 18.2 Å². The Morgan fingerprint density at radius 3 is 2.81 bits per heavy atom. The Kier molecular flexibility index (Phi) is 2.09. The summed E-state index contributed by atoms with van der Waals surface area (Å²) in [5.74, 6) is -0.113. The first-order valence-electron chi connectivity index (χ1n) is 5.99. The van der Waals surface area contributed by atoms with Crippen molar-refractivity contribution in [2.45, 2.75) is 31.2 Å². The number of nitrogens with one attached hydrogen (secondary N) is 1. The van der Waals surface area contributed by atoms with Crippen molar-refractivity contribution < 1.29 is 4.39 Å². The summed E-state index contributed by atoms with van der Waals surface area (Å²) in [7, 11) is 2.04. The Morgan fingerprint density at radius 2 is 2.06 bits per heavy atom. The van der Waals surface area contributed by atoms with Gasteiger partial charge in [0.05, 0.1) is 16.9 Å². The molecule has 1 fully saturated rings. The van der Waals surface area contributed by atoms with Crippen molar-refractivity contribution in [1.82, 2.24) is 0 Å². The first-order valence-corrected chi connectivity index (χ1v) is 5.99. The Labute approximate surface area is 95.4 Å². The lowest BCUT2D eigenvalue weighted by Gasteiger charge is -2.45. The fraction of sp³-hybridized carbons (Fsp3) is 0.538. The van der Waals surface area contributed by atoms with Gasteiger partial charge in [0.15, 0.2) is 0 Å². The van der Waals surface area contributed by atoms with Gasteiger partial charge in [0.1, 0.15) is 5.82 Å². The number of halogens is 1. The minimum atomic E-state index is -0.113. The van der Waals surface area contributed by atoms with Crippen molar-refractivity contribution in [2.75, 3.05) is 23.8 Å². The molecule has 1 saturated carbocycles. The summed E-state index contributed by atoms with van der Waals surface area (Å²) >= 11 is 0. The third-order valence-corrected chi connectivity index (χ3v) is 4.18. The zero-order valence-corrected chi connectivity index (χ0v) is 9.59. The predicted octanol–water partition coefficient (Wildman–Crippen LogP) is 3.00. The Balaban J connectivity index is 2.07. The van der Waals surface area contributed by atoms with E-state index in [-0.39, 0.29) is 11.4 Å². The van der Waals surface area contributed by atoms with Gasteiger partial charge in [-0.1, -0.05) is 18.9 Å². The second kappa shape index (κ2) is 3.37. The van der Waals surface area contributed by atoms with Gasteiger partial charge in [0, 0.05) is 13.6 Å². The lowest BCUT2D eigenvalue weighted by Crippen LogP contribution is -2.53. The van der Waals surface area contributed by atoms with Crippen molar-refractivity contribution >= 4 is 11.4 Å². The molecule has 0 radical (unpaired) electrons. The van der Waals surface area contributed by atoms with E-state index in [4.69, 9.17) is 0 Å². The molecular formula is C13H17FN2. The average molecular weight is 220 g/mol. The molecular weight excluding hydrogens is 203 g/mol. The van der Waals surface area contributed by atoms with Crippen LogP contribution in [0.5, 0.6) is 0 Å². The predicted molar refractivity (Wildman–Crippen MR) is 64.5 cm³/mol. The molecule has 0 bridgehead atoms. The van der Waals surface area contributed by atoms with E-state index in [1.54, 1.807) is 12.1 Å². The van der Waals surface area contributed by atoms with Gasteiger partial charge in [-0.15, -0.1) is 0 Å². The molecule has 0 unspecified atom stereocenters. The highest BCUT2D eigenvalue weighted by molar-refractivity contribution is 5.74. The third kappa shape index (κ3) is 1.24. The molecule has 86 valence electrons. The molecule has 1 aliphatic carbocycles. The molecule has 0 saturated heterocycles. The maximum Gasteiger partial charge on any atom is 0.148 e. The SMILES string of the molecule is CN1c2c(F)cccc2NCC12CCCC2. The molecule has 16 heavy (non-hydrogen) atoms. The number of hydrogen-bond donors (Lipinski definition) is 1. The van der Waals surface area contributed by atoms with E-state index in [0.29, 0.717) is 0 Å². The molecule has 2 nitrogen and oxygen atoms in total. The number of hydrogen-bond acceptors (Lipinski definition) is 2. The van der Waals surface area contributed by atoms with Gasteiger partial charge in [-0.2, -0.15) is 0 Å². The largest absolute Gasteiger partial charge is 0.381 e. The molecule has 1 N–H and O–H groups in total. The summed E-state index contributed by atoms with van der Waals surface area (Å²) in [4.78, 5) is 2.17. The van der Waals surface area contributed by atoms with E-state index in [1.807, 2.05) is 13.1 Å². The Morgan fingerprint density at radius 1 is 1.31 bits per heavy atom. The molecule has 3 rings (SSSR count). The van der Waals surface area contributed by atoms with Crippen LogP contribution in [0.25, 0.3) is 0 Å². The number of nitrogens with zero attached hydrogens (tertiary/aromatic N) is 1. The minimum Gasteiger partial charge on any atom is -0.381 e. The van der Waals surface area contributed by atoms with Crippen LogP contribution in [-0.4, -0.2) is 19.1 Å². The second-order valence-electron chi connectivity index (χ2n) is 4.98. The zero-order valence-electron chi connectivity index (χ0n) is 9.59. The van der Waals surface area contributed by atoms with Crippen LogP contribution in [-0.2, 0) is 0 Å². The van der Waals surface area contributed by atoms with Crippen LogP contribution in [0.4, 0.5) is 15.8 Å². The molecule has 0 atom stereocenters. The highest BCUT2D eigenvalue weighted by Crippen LogP contribution is 2.44. The molecule has 2 aliphatic rings. The maximum atomic E-state index is 13.9. The molecule has 1 aromatic rings. The minimum absolute atomic E-state index is 0.113. The first-order chi connectivity index (χ1) is 7.73. The number of benzene rings is 1. The van der Waals surface area contributed by atoms with Crippen molar-refractivity contribution in [3.63, 3.8) is 0 Å². The fourth-order valence-electron chi connectivity index (χ4n) is 3.16. The zero-order chi connectivity index (χ0) is 11.2. The lowest BCUT2D eigenvalue weighted by molar-refractivity contribution is 0.422. The monoisotopic (exact) mass is 220 g/mol. The normalized spacial score (nSPS) is 22.0. The van der Waals surface area contributed by atoms with Crippen LogP contribution in [0.3, 0.4) is 0 Å². The van der Waals surface area contributed by atoms with Gasteiger partial charge in [-0.3, -0.25) is 0 Å². The van der Waals surface area contributed by atoms with Gasteiger partial charge in [-0.25, -0.2) is 4.39 Å². The van der Waals surface area contributed by atoms with E-state index >= 15 is 0 Å². The number of likely N-dealkylation sites (N-methyl/N-ethyl adjacent to an activating group) is 1. The van der Waals surface area contributed by atoms with Gasteiger partial charge in [0.25, 0.3) is 0 Å². The molecule has 0 amide bonds. The van der Waals surface area contributed by atoms with Crippen molar-refractivity contribution in [1.29, 1.82) is 0 Å². The van der Waals surface area contributed by atoms with E-state index < -0.39 is 0 Å². The van der Waals surface area contributed by atoms with Gasteiger partial charge < -0.3 is 10.2 Å². The van der Waals surface area contributed by atoms with Gasteiger partial charge in [-0.05, 0) is 25.0 Å². The maximum absolute atomic E-state index is 13.9. The summed E-state index contributed by atoms with van der Waals surface area (Å²) in [6.07, 6.45) is 4.86. The second-order valence-corrected chi connectivity index (χ2v) is 4.98. The Hall–Kier alpha value is -1.25. The smallest absolute Gasteiger partial charge is 0.148 e. The third-order valence-electron chi connectivity index (χ3n) is 4.18. The van der Waals surface area contributed by atoms with Gasteiger partial charge in [0.2, 0.25) is 0 Å². The molecule has 3 heteroatoms. The topological polar surface area (TPSA) is 15.3 Å². The van der Waals surface area contributed by atoms with E-state index in [1.165, 1.54) is 25.7 Å². The van der Waals surface area contributed by atoms with Crippen molar-refractivity contribution in [2.24, 2.45) is 0 Å². The first kappa shape index (κ1) is 9.94. The highest BCUT2D eigenvalue weighted by Gasteiger charge is 2.41. The highest BCUT2D eigenvalue weighted by atomic mass is 19.1. The average Bonchev–Trinajstić information content (AvgIpc) is 2.74. The quantitative estimate of drug-likeness (QED) is 0.723. The summed E-state index contributed by atoms with van der Waals surface area (Å²) < 4.78 is 13.9. The van der Waals surface area contributed by atoms with Crippen LogP contribution in [0.1, 0.15) is 25.7 Å². The van der Waals surface area contributed by atoms with Crippen LogP contribution in [0.2, 0.25) is 0 Å². The molecule has 0 aromatic heterocycles. The number of anilines is 2. The summed E-state index contributed by atoms with van der Waals surface area (Å²) in [5.41, 5.74) is 1.82. The number of rotatable bonds is 0. The molecule has 1 aromatic carbocycles. The van der Waals surface area contributed by atoms with E-state index in [2.05, 4.69) is 10.2 Å². The van der Waals surface area contributed by atoms with Crippen LogP contribution in [0, 0.1) is 5.82 Å². The van der Waals surface area contributed by atoms with Gasteiger partial charge >= 0.3 is 0 Å². The van der Waals surface area contributed by atoms with Crippen LogP contribution >= 0.6 is 0 Å². The van der Waals surface area contributed by atoms with Crippen molar-refractivity contribution in [3.05, 3.63) is 24.0 Å². The van der Waals surface area contributed by atoms with E-state index in [0.717, 1.165) is 17.9 Å². The molecule has 1 aliphatic heterocycles.